The molecule has 0 fully saturated rings. The minimum atomic E-state index is -0.904. The number of methoxy groups -OCH3 is 1. The van der Waals surface area contributed by atoms with Gasteiger partial charge in [-0.1, -0.05) is 12.0 Å². The fourth-order valence-electron chi connectivity index (χ4n) is 0.696. The first-order valence-electron chi connectivity index (χ1n) is 3.55. The van der Waals surface area contributed by atoms with Crippen LogP contribution in [0, 0.1) is 11.8 Å². The van der Waals surface area contributed by atoms with E-state index in [1.807, 2.05) is 11.4 Å². The highest BCUT2D eigenvalue weighted by molar-refractivity contribution is 7.10. The van der Waals surface area contributed by atoms with Crippen molar-refractivity contribution in [2.75, 3.05) is 7.11 Å². The molecule has 0 aliphatic heterocycles. The lowest BCUT2D eigenvalue weighted by Gasteiger charge is -1.96. The van der Waals surface area contributed by atoms with E-state index in [4.69, 9.17) is 0 Å². The van der Waals surface area contributed by atoms with Crippen LogP contribution in [0.25, 0.3) is 0 Å². The van der Waals surface area contributed by atoms with Gasteiger partial charge in [-0.2, -0.15) is 0 Å². The third kappa shape index (κ3) is 2.90. The van der Waals surface area contributed by atoms with E-state index in [1.165, 1.54) is 18.4 Å². The summed E-state index contributed by atoms with van der Waals surface area (Å²) in [6.45, 7) is 0. The first-order valence-corrected chi connectivity index (χ1v) is 4.43. The van der Waals surface area contributed by atoms with Crippen LogP contribution in [0.5, 0.6) is 0 Å². The Morgan fingerprint density at radius 3 is 3.08 bits per heavy atom. The van der Waals surface area contributed by atoms with E-state index in [0.29, 0.717) is 0 Å². The molecule has 68 valence electrons. The second-order valence-electron chi connectivity index (χ2n) is 2.18. The molecule has 1 aromatic rings. The fraction of sp³-hybridized carbons (Fsp3) is 0.222. The molecule has 1 unspecified atom stereocenters. The maximum absolute atomic E-state index is 10.6. The van der Waals surface area contributed by atoms with Crippen molar-refractivity contribution in [2.45, 2.75) is 6.10 Å². The summed E-state index contributed by atoms with van der Waals surface area (Å²) in [4.78, 5) is 11.3. The largest absolute Gasteiger partial charge is 0.459 e. The monoisotopic (exact) mass is 196 g/mol. The van der Waals surface area contributed by atoms with Gasteiger partial charge in [0.1, 0.15) is 6.10 Å². The first-order chi connectivity index (χ1) is 6.24. The molecule has 0 amide bonds. The Balaban J connectivity index is 2.63. The Labute approximate surface area is 80.0 Å². The molecule has 0 spiro atoms. The highest BCUT2D eigenvalue weighted by Crippen LogP contribution is 2.17. The van der Waals surface area contributed by atoms with Gasteiger partial charge < -0.3 is 9.84 Å². The van der Waals surface area contributed by atoms with Crippen molar-refractivity contribution in [2.24, 2.45) is 0 Å². The van der Waals surface area contributed by atoms with E-state index in [0.717, 1.165) is 4.88 Å². The smallest absolute Gasteiger partial charge is 0.384 e. The van der Waals surface area contributed by atoms with Crippen LogP contribution >= 0.6 is 11.3 Å². The van der Waals surface area contributed by atoms with Gasteiger partial charge in [0, 0.05) is 10.8 Å². The average Bonchev–Trinajstić information content (AvgIpc) is 2.66. The predicted octanol–water partition coefficient (Wildman–Crippen LogP) is 0.958. The van der Waals surface area contributed by atoms with Crippen LogP contribution in [0.15, 0.2) is 17.5 Å². The summed E-state index contributed by atoms with van der Waals surface area (Å²) >= 11 is 1.39. The lowest BCUT2D eigenvalue weighted by Crippen LogP contribution is -1.97. The fourth-order valence-corrected chi connectivity index (χ4v) is 1.36. The average molecular weight is 196 g/mol. The number of hydrogen-bond donors (Lipinski definition) is 1. The Kier molecular flexibility index (Phi) is 3.50. The number of carbonyl (C=O) groups excluding carboxylic acids is 1. The van der Waals surface area contributed by atoms with E-state index in [-0.39, 0.29) is 0 Å². The number of ether oxygens (including phenoxy) is 1. The van der Waals surface area contributed by atoms with E-state index in [1.54, 1.807) is 6.07 Å². The standard InChI is InChI=1S/C9H8O3S/c1-12-9(11)5-4-7(10)8-3-2-6-13-8/h2-3,6-7,10H,1H3. The third-order valence-corrected chi connectivity index (χ3v) is 2.23. The highest BCUT2D eigenvalue weighted by Gasteiger charge is 2.03. The lowest BCUT2D eigenvalue weighted by molar-refractivity contribution is -0.133. The zero-order valence-corrected chi connectivity index (χ0v) is 7.80. The zero-order chi connectivity index (χ0) is 9.68. The Bertz CT molecular complexity index is 331. The molecule has 0 radical (unpaired) electrons. The van der Waals surface area contributed by atoms with Crippen LogP contribution in [-0.4, -0.2) is 18.2 Å². The number of rotatable bonds is 1. The van der Waals surface area contributed by atoms with E-state index in [2.05, 4.69) is 16.6 Å². The Hall–Kier alpha value is -1.31. The SMILES string of the molecule is COC(=O)C#CC(O)c1cccs1. The molecule has 1 N–H and O–H groups in total. The van der Waals surface area contributed by atoms with Crippen LogP contribution in [-0.2, 0) is 9.53 Å². The molecule has 3 nitrogen and oxygen atoms in total. The summed E-state index contributed by atoms with van der Waals surface area (Å²) in [7, 11) is 1.24. The van der Waals surface area contributed by atoms with Crippen molar-refractivity contribution >= 4 is 17.3 Å². The molecule has 0 aromatic carbocycles. The maximum Gasteiger partial charge on any atom is 0.384 e. The third-order valence-electron chi connectivity index (χ3n) is 1.31. The van der Waals surface area contributed by atoms with E-state index >= 15 is 0 Å². The van der Waals surface area contributed by atoms with Crippen LogP contribution in [0.2, 0.25) is 0 Å². The molecule has 0 aliphatic rings. The molecule has 1 atom stereocenters. The quantitative estimate of drug-likeness (QED) is 0.413. The molecule has 0 aliphatic carbocycles. The minimum absolute atomic E-state index is 0.643. The van der Waals surface area contributed by atoms with Crippen LogP contribution in [0.4, 0.5) is 0 Å². The number of aliphatic hydroxyl groups excluding tert-OH is 1. The van der Waals surface area contributed by atoms with Gasteiger partial charge in [-0.3, -0.25) is 0 Å². The van der Waals surface area contributed by atoms with Gasteiger partial charge in [0.15, 0.2) is 0 Å². The maximum atomic E-state index is 10.6. The number of thiophene rings is 1. The van der Waals surface area contributed by atoms with Crippen molar-refractivity contribution in [3.8, 4) is 11.8 Å². The zero-order valence-electron chi connectivity index (χ0n) is 6.98. The summed E-state index contributed by atoms with van der Waals surface area (Å²) < 4.78 is 4.30. The predicted molar refractivity (Wildman–Crippen MR) is 49.1 cm³/mol. The summed E-state index contributed by atoms with van der Waals surface area (Å²) in [5.74, 6) is 3.90. The molecule has 1 aromatic heterocycles. The molecule has 1 rings (SSSR count). The van der Waals surface area contributed by atoms with Gasteiger partial charge in [-0.05, 0) is 11.4 Å². The molecule has 0 saturated carbocycles. The van der Waals surface area contributed by atoms with E-state index in [9.17, 15) is 9.90 Å². The molecular weight excluding hydrogens is 188 g/mol. The number of carbonyl (C=O) groups is 1. The second kappa shape index (κ2) is 4.65. The summed E-state index contributed by atoms with van der Waals surface area (Å²) in [5, 5.41) is 11.2. The van der Waals surface area contributed by atoms with Gasteiger partial charge in [0.2, 0.25) is 0 Å². The summed E-state index contributed by atoms with van der Waals surface area (Å²) in [5.41, 5.74) is 0. The Morgan fingerprint density at radius 1 is 1.77 bits per heavy atom. The molecule has 4 heteroatoms. The van der Waals surface area contributed by atoms with Crippen molar-refractivity contribution in [1.29, 1.82) is 0 Å². The van der Waals surface area contributed by atoms with Gasteiger partial charge in [-0.15, -0.1) is 11.3 Å². The van der Waals surface area contributed by atoms with Gasteiger partial charge in [0.05, 0.1) is 7.11 Å². The number of hydrogen-bond acceptors (Lipinski definition) is 4. The Morgan fingerprint density at radius 2 is 2.54 bits per heavy atom. The second-order valence-corrected chi connectivity index (χ2v) is 3.16. The lowest BCUT2D eigenvalue weighted by atomic mass is 10.3. The van der Waals surface area contributed by atoms with Gasteiger partial charge >= 0.3 is 5.97 Å². The highest BCUT2D eigenvalue weighted by atomic mass is 32.1. The molecule has 0 saturated heterocycles. The summed E-state index contributed by atoms with van der Waals surface area (Å²) in [6.07, 6.45) is -0.904. The normalized spacial score (nSPS) is 11.2. The molecule has 1 heterocycles. The number of esters is 1. The van der Waals surface area contributed by atoms with E-state index < -0.39 is 12.1 Å². The number of aliphatic hydroxyl groups is 1. The molecule has 0 bridgehead atoms. The van der Waals surface area contributed by atoms with Crippen LogP contribution < -0.4 is 0 Å². The molecular formula is C9H8O3S. The molecule has 13 heavy (non-hydrogen) atoms. The van der Waals surface area contributed by atoms with Gasteiger partial charge in [-0.25, -0.2) is 4.79 Å². The van der Waals surface area contributed by atoms with Crippen molar-refractivity contribution in [3.63, 3.8) is 0 Å². The topological polar surface area (TPSA) is 46.5 Å². The van der Waals surface area contributed by atoms with Crippen molar-refractivity contribution < 1.29 is 14.6 Å². The van der Waals surface area contributed by atoms with Crippen LogP contribution in [0.1, 0.15) is 11.0 Å². The summed E-state index contributed by atoms with van der Waals surface area (Å²) in [6, 6.07) is 3.56. The van der Waals surface area contributed by atoms with Crippen molar-refractivity contribution in [3.05, 3.63) is 22.4 Å². The van der Waals surface area contributed by atoms with Crippen molar-refractivity contribution in [1.82, 2.24) is 0 Å². The van der Waals surface area contributed by atoms with Crippen LogP contribution in [0.3, 0.4) is 0 Å². The van der Waals surface area contributed by atoms with Gasteiger partial charge in [0.25, 0.3) is 0 Å². The first kappa shape index (κ1) is 9.78. The minimum Gasteiger partial charge on any atom is -0.459 e.